The van der Waals surface area contributed by atoms with Crippen LogP contribution in [-0.4, -0.2) is 33.2 Å². The van der Waals surface area contributed by atoms with Gasteiger partial charge in [-0.2, -0.15) is 0 Å². The maximum Gasteiger partial charge on any atom is 0.374 e. The van der Waals surface area contributed by atoms with Crippen molar-refractivity contribution in [1.29, 1.82) is 0 Å². The van der Waals surface area contributed by atoms with Crippen LogP contribution in [0, 0.1) is 0 Å². The molecule has 0 aliphatic rings. The predicted octanol–water partition coefficient (Wildman–Crippen LogP) is 3.37. The highest BCUT2D eigenvalue weighted by atomic mass is 32.2. The largest absolute Gasteiger partial charge is 0.460 e. The molecule has 2 aromatic carbocycles. The lowest BCUT2D eigenvalue weighted by Crippen LogP contribution is -2.12. The van der Waals surface area contributed by atoms with E-state index in [9.17, 15) is 18.0 Å². The van der Waals surface area contributed by atoms with Gasteiger partial charge in [-0.1, -0.05) is 30.3 Å². The Bertz CT molecular complexity index is 1140. The van der Waals surface area contributed by atoms with E-state index in [1.165, 1.54) is 18.2 Å². The highest BCUT2D eigenvalue weighted by Crippen LogP contribution is 2.28. The molecule has 0 atom stereocenters. The summed E-state index contributed by atoms with van der Waals surface area (Å²) in [7, 11) is -3.61. The summed E-state index contributed by atoms with van der Waals surface area (Å²) in [6.45, 7) is 1.56. The van der Waals surface area contributed by atoms with Gasteiger partial charge in [0.1, 0.15) is 12.2 Å². The van der Waals surface area contributed by atoms with Crippen LogP contribution >= 0.6 is 0 Å². The van der Waals surface area contributed by atoms with E-state index < -0.39 is 21.8 Å². The Balaban J connectivity index is 1.93. The fourth-order valence-electron chi connectivity index (χ4n) is 2.78. The van der Waals surface area contributed by atoms with Gasteiger partial charge in [-0.05, 0) is 25.1 Å². The molecule has 0 aliphatic heterocycles. The van der Waals surface area contributed by atoms with E-state index in [-0.39, 0.29) is 29.4 Å². The van der Waals surface area contributed by atoms with Crippen molar-refractivity contribution in [1.82, 2.24) is 0 Å². The molecule has 3 rings (SSSR count). The minimum absolute atomic E-state index is 0.0488. The number of esters is 2. The van der Waals surface area contributed by atoms with E-state index in [1.807, 2.05) is 0 Å². The summed E-state index contributed by atoms with van der Waals surface area (Å²) in [6.07, 6.45) is 1.02. The minimum atomic E-state index is -3.61. The summed E-state index contributed by atoms with van der Waals surface area (Å²) in [5.74, 6) is -1.53. The average molecular weight is 402 g/mol. The van der Waals surface area contributed by atoms with Crippen molar-refractivity contribution in [2.45, 2.75) is 18.4 Å². The number of benzene rings is 2. The molecule has 7 nitrogen and oxygen atoms in total. The standard InChI is InChI=1S/C20H18O7S/c1-3-25-20(22)18-15(13-8-4-6-10-16(13)27-18)12-26-19(21)14-9-5-7-11-17(14)28(2,23)24/h4-11H,3,12H2,1-2H3. The molecule has 0 fully saturated rings. The molecule has 0 N–H and O–H groups in total. The van der Waals surface area contributed by atoms with E-state index >= 15 is 0 Å². The smallest absolute Gasteiger partial charge is 0.374 e. The molecule has 28 heavy (non-hydrogen) atoms. The third-order valence-electron chi connectivity index (χ3n) is 4.01. The molecule has 0 amide bonds. The van der Waals surface area contributed by atoms with Crippen molar-refractivity contribution in [3.63, 3.8) is 0 Å². The molecule has 1 heterocycles. The topological polar surface area (TPSA) is 99.9 Å². The number of rotatable bonds is 6. The SMILES string of the molecule is CCOC(=O)c1oc2ccccc2c1COC(=O)c1ccccc1S(C)(=O)=O. The Morgan fingerprint density at radius 2 is 1.64 bits per heavy atom. The molecule has 146 valence electrons. The van der Waals surface area contributed by atoms with Gasteiger partial charge in [0, 0.05) is 11.6 Å². The van der Waals surface area contributed by atoms with Gasteiger partial charge < -0.3 is 13.9 Å². The molecule has 0 unspecified atom stereocenters. The van der Waals surface area contributed by atoms with E-state index in [0.29, 0.717) is 16.5 Å². The van der Waals surface area contributed by atoms with Crippen LogP contribution in [-0.2, 0) is 25.9 Å². The van der Waals surface area contributed by atoms with Gasteiger partial charge in [-0.25, -0.2) is 18.0 Å². The number of fused-ring (bicyclic) bond motifs is 1. The maximum atomic E-state index is 12.5. The molecule has 1 aromatic heterocycles. The van der Waals surface area contributed by atoms with Crippen molar-refractivity contribution in [3.8, 4) is 0 Å². The maximum absolute atomic E-state index is 12.5. The molecule has 0 bridgehead atoms. The van der Waals surface area contributed by atoms with Gasteiger partial charge in [-0.3, -0.25) is 0 Å². The Hall–Kier alpha value is -3.13. The number of hydrogen-bond donors (Lipinski definition) is 0. The number of hydrogen-bond acceptors (Lipinski definition) is 7. The molecule has 3 aromatic rings. The van der Waals surface area contributed by atoms with Gasteiger partial charge >= 0.3 is 11.9 Å². The molecule has 0 aliphatic carbocycles. The summed E-state index contributed by atoms with van der Waals surface area (Å²) in [5, 5.41) is 0.606. The lowest BCUT2D eigenvalue weighted by atomic mass is 10.1. The van der Waals surface area contributed by atoms with Crippen molar-refractivity contribution >= 4 is 32.7 Å². The summed E-state index contributed by atoms with van der Waals surface area (Å²) in [4.78, 5) is 24.6. The minimum Gasteiger partial charge on any atom is -0.460 e. The predicted molar refractivity (Wildman–Crippen MR) is 101 cm³/mol. The normalized spacial score (nSPS) is 11.4. The zero-order valence-corrected chi connectivity index (χ0v) is 16.1. The first-order valence-electron chi connectivity index (χ1n) is 8.46. The quantitative estimate of drug-likeness (QED) is 0.583. The summed E-state index contributed by atoms with van der Waals surface area (Å²) in [5.41, 5.74) is 0.739. The Labute approximate surface area is 161 Å². The van der Waals surface area contributed by atoms with E-state index in [4.69, 9.17) is 13.9 Å². The highest BCUT2D eigenvalue weighted by molar-refractivity contribution is 7.90. The lowest BCUT2D eigenvalue weighted by molar-refractivity contribution is 0.0433. The summed E-state index contributed by atoms with van der Waals surface area (Å²) in [6, 6.07) is 12.7. The molecule has 8 heteroatoms. The van der Waals surface area contributed by atoms with E-state index in [0.717, 1.165) is 6.26 Å². The Morgan fingerprint density at radius 3 is 2.36 bits per heavy atom. The number of sulfone groups is 1. The van der Waals surface area contributed by atoms with Crippen LogP contribution in [0.2, 0.25) is 0 Å². The van der Waals surface area contributed by atoms with Crippen LogP contribution in [0.15, 0.2) is 57.8 Å². The molecule has 0 saturated carbocycles. The third-order valence-corrected chi connectivity index (χ3v) is 5.17. The second kappa shape index (κ2) is 7.85. The van der Waals surface area contributed by atoms with Crippen molar-refractivity contribution in [3.05, 3.63) is 65.4 Å². The zero-order chi connectivity index (χ0) is 20.3. The van der Waals surface area contributed by atoms with E-state index in [1.54, 1.807) is 37.3 Å². The monoisotopic (exact) mass is 402 g/mol. The van der Waals surface area contributed by atoms with Gasteiger partial charge in [0.25, 0.3) is 0 Å². The Kier molecular flexibility index (Phi) is 5.51. The first-order valence-corrected chi connectivity index (χ1v) is 10.4. The van der Waals surface area contributed by atoms with Gasteiger partial charge in [-0.15, -0.1) is 0 Å². The number of carbonyl (C=O) groups excluding carboxylic acids is 2. The lowest BCUT2D eigenvalue weighted by Gasteiger charge is -2.09. The first kappa shape index (κ1) is 19.6. The van der Waals surface area contributed by atoms with Crippen molar-refractivity contribution in [2.75, 3.05) is 12.9 Å². The van der Waals surface area contributed by atoms with Crippen LogP contribution in [0.25, 0.3) is 11.0 Å². The molecule has 0 saturated heterocycles. The average Bonchev–Trinajstić information content (AvgIpc) is 3.04. The molecular formula is C20H18O7S. The third kappa shape index (κ3) is 3.91. The van der Waals surface area contributed by atoms with Crippen LogP contribution in [0.3, 0.4) is 0 Å². The van der Waals surface area contributed by atoms with Crippen LogP contribution in [0.4, 0.5) is 0 Å². The van der Waals surface area contributed by atoms with E-state index in [2.05, 4.69) is 0 Å². The fourth-order valence-corrected chi connectivity index (χ4v) is 3.65. The molecule has 0 spiro atoms. The van der Waals surface area contributed by atoms with Crippen LogP contribution < -0.4 is 0 Å². The van der Waals surface area contributed by atoms with Crippen molar-refractivity contribution < 1.29 is 31.9 Å². The van der Waals surface area contributed by atoms with Crippen LogP contribution in [0.5, 0.6) is 0 Å². The summed E-state index contributed by atoms with van der Waals surface area (Å²) < 4.78 is 39.7. The Morgan fingerprint density at radius 1 is 0.964 bits per heavy atom. The number of carbonyl (C=O) groups is 2. The second-order valence-electron chi connectivity index (χ2n) is 5.97. The molecule has 0 radical (unpaired) electrons. The number of ether oxygens (including phenoxy) is 2. The highest BCUT2D eigenvalue weighted by Gasteiger charge is 2.24. The van der Waals surface area contributed by atoms with Gasteiger partial charge in [0.05, 0.1) is 22.6 Å². The number of para-hydroxylation sites is 1. The van der Waals surface area contributed by atoms with Gasteiger partial charge in [0.15, 0.2) is 9.84 Å². The van der Waals surface area contributed by atoms with Crippen LogP contribution in [0.1, 0.15) is 33.4 Å². The number of furan rings is 1. The zero-order valence-electron chi connectivity index (χ0n) is 15.3. The first-order chi connectivity index (χ1) is 13.3. The van der Waals surface area contributed by atoms with Crippen molar-refractivity contribution in [2.24, 2.45) is 0 Å². The van der Waals surface area contributed by atoms with Gasteiger partial charge in [0.2, 0.25) is 5.76 Å². The second-order valence-corrected chi connectivity index (χ2v) is 7.95. The fraction of sp³-hybridized carbons (Fsp3) is 0.200. The molecular weight excluding hydrogens is 384 g/mol. The summed E-state index contributed by atoms with van der Waals surface area (Å²) >= 11 is 0.